The second-order valence-electron chi connectivity index (χ2n) is 4.79. The van der Waals surface area contributed by atoms with E-state index in [1.165, 1.54) is 0 Å². The van der Waals surface area contributed by atoms with Crippen molar-refractivity contribution in [2.45, 2.75) is 13.5 Å². The molecule has 0 radical (unpaired) electrons. The average Bonchev–Trinajstić information content (AvgIpc) is 2.60. The fourth-order valence-electron chi connectivity index (χ4n) is 1.95. The highest BCUT2D eigenvalue weighted by atomic mass is 35.5. The molecule has 0 aromatic heterocycles. The van der Waals surface area contributed by atoms with Gasteiger partial charge in [-0.15, -0.1) is 6.42 Å². The zero-order chi connectivity index (χ0) is 17.4. The van der Waals surface area contributed by atoms with Gasteiger partial charge in [-0.1, -0.05) is 29.7 Å². The molecule has 2 aromatic rings. The number of terminal acetylenes is 1. The molecule has 0 fully saturated rings. The molecule has 4 nitrogen and oxygen atoms in total. The Morgan fingerprint density at radius 1 is 1.12 bits per heavy atom. The van der Waals surface area contributed by atoms with E-state index in [0.29, 0.717) is 35.3 Å². The van der Waals surface area contributed by atoms with E-state index in [9.17, 15) is 4.79 Å². The van der Waals surface area contributed by atoms with Crippen molar-refractivity contribution in [2.75, 3.05) is 13.2 Å². The predicted octanol–water partition coefficient (Wildman–Crippen LogP) is 4.11. The lowest BCUT2D eigenvalue weighted by molar-refractivity contribution is 0.0556. The van der Waals surface area contributed by atoms with Crippen molar-refractivity contribution in [3.63, 3.8) is 0 Å². The minimum Gasteiger partial charge on any atom is -0.490 e. The van der Waals surface area contributed by atoms with Crippen LogP contribution in [0.25, 0.3) is 0 Å². The zero-order valence-corrected chi connectivity index (χ0v) is 14.0. The molecule has 0 N–H and O–H groups in total. The molecule has 0 bridgehead atoms. The maximum absolute atomic E-state index is 11.9. The maximum Gasteiger partial charge on any atom is 0.339 e. The van der Waals surface area contributed by atoms with Crippen molar-refractivity contribution >= 4 is 17.6 Å². The molecular formula is C19H17ClO4. The summed E-state index contributed by atoms with van der Waals surface area (Å²) in [7, 11) is 0. The molecule has 0 spiro atoms. The van der Waals surface area contributed by atoms with Gasteiger partial charge in [0.05, 0.1) is 12.2 Å². The number of benzene rings is 2. The van der Waals surface area contributed by atoms with Gasteiger partial charge in [-0.05, 0) is 42.8 Å². The molecule has 124 valence electrons. The Balaban J connectivity index is 2.12. The first kappa shape index (κ1) is 17.7. The van der Waals surface area contributed by atoms with E-state index in [0.717, 1.165) is 5.56 Å². The summed E-state index contributed by atoms with van der Waals surface area (Å²) in [5, 5.41) is 0.670. The van der Waals surface area contributed by atoms with Crippen LogP contribution in [-0.2, 0) is 11.3 Å². The van der Waals surface area contributed by atoms with E-state index in [-0.39, 0.29) is 6.61 Å². The van der Waals surface area contributed by atoms with Crippen LogP contribution < -0.4 is 9.47 Å². The van der Waals surface area contributed by atoms with Crippen LogP contribution in [0.3, 0.4) is 0 Å². The van der Waals surface area contributed by atoms with E-state index in [4.69, 9.17) is 32.2 Å². The number of hydrogen-bond donors (Lipinski definition) is 0. The summed E-state index contributed by atoms with van der Waals surface area (Å²) in [5.74, 6) is 2.77. The van der Waals surface area contributed by atoms with Gasteiger partial charge in [0.15, 0.2) is 18.1 Å². The number of rotatable bonds is 7. The Kier molecular flexibility index (Phi) is 6.53. The smallest absolute Gasteiger partial charge is 0.339 e. The third-order valence-electron chi connectivity index (χ3n) is 3.07. The Morgan fingerprint density at radius 2 is 1.88 bits per heavy atom. The number of halogens is 1. The highest BCUT2D eigenvalue weighted by Crippen LogP contribution is 2.29. The van der Waals surface area contributed by atoms with E-state index in [2.05, 4.69) is 5.92 Å². The Labute approximate surface area is 146 Å². The van der Waals surface area contributed by atoms with Gasteiger partial charge in [0.1, 0.15) is 6.61 Å². The summed E-state index contributed by atoms with van der Waals surface area (Å²) in [6.07, 6.45) is 5.08. The van der Waals surface area contributed by atoms with E-state index < -0.39 is 5.97 Å². The van der Waals surface area contributed by atoms with E-state index >= 15 is 0 Å². The van der Waals surface area contributed by atoms with Crippen LogP contribution in [0.1, 0.15) is 22.8 Å². The average molecular weight is 345 g/mol. The summed E-state index contributed by atoms with van der Waals surface area (Å²) < 4.78 is 16.2. The van der Waals surface area contributed by atoms with Crippen LogP contribution in [0.2, 0.25) is 5.02 Å². The van der Waals surface area contributed by atoms with Crippen molar-refractivity contribution in [3.05, 3.63) is 58.6 Å². The first-order chi connectivity index (χ1) is 11.6. The number of ether oxygens (including phenoxy) is 3. The molecule has 2 rings (SSSR count). The van der Waals surface area contributed by atoms with Gasteiger partial charge < -0.3 is 14.2 Å². The van der Waals surface area contributed by atoms with Gasteiger partial charge in [0.2, 0.25) is 0 Å². The molecule has 5 heteroatoms. The minimum atomic E-state index is -0.502. The van der Waals surface area contributed by atoms with Crippen LogP contribution in [0.5, 0.6) is 11.5 Å². The zero-order valence-electron chi connectivity index (χ0n) is 13.3. The van der Waals surface area contributed by atoms with Gasteiger partial charge >= 0.3 is 5.97 Å². The van der Waals surface area contributed by atoms with Gasteiger partial charge in [-0.25, -0.2) is 4.79 Å². The summed E-state index contributed by atoms with van der Waals surface area (Å²) in [5.41, 5.74) is 1.33. The lowest BCUT2D eigenvalue weighted by Crippen LogP contribution is -2.07. The molecular weight excluding hydrogens is 328 g/mol. The Morgan fingerprint density at radius 3 is 2.54 bits per heavy atom. The summed E-state index contributed by atoms with van der Waals surface area (Å²) in [6.45, 7) is 2.59. The molecule has 0 aliphatic rings. The fourth-order valence-corrected chi connectivity index (χ4v) is 2.08. The van der Waals surface area contributed by atoms with E-state index in [1.807, 2.05) is 19.1 Å². The minimum absolute atomic E-state index is 0.0718. The van der Waals surface area contributed by atoms with Crippen molar-refractivity contribution < 1.29 is 19.0 Å². The summed E-state index contributed by atoms with van der Waals surface area (Å²) in [4.78, 5) is 11.9. The van der Waals surface area contributed by atoms with Crippen LogP contribution in [0.4, 0.5) is 0 Å². The maximum atomic E-state index is 11.9. The SMILES string of the molecule is C#CCOC(=O)c1ccc(OCc2ccc(Cl)cc2)c(OCC)c1. The lowest BCUT2D eigenvalue weighted by atomic mass is 10.2. The first-order valence-corrected chi connectivity index (χ1v) is 7.76. The highest BCUT2D eigenvalue weighted by Gasteiger charge is 2.12. The molecule has 2 aromatic carbocycles. The monoisotopic (exact) mass is 344 g/mol. The predicted molar refractivity (Wildman–Crippen MR) is 92.5 cm³/mol. The topological polar surface area (TPSA) is 44.8 Å². The summed E-state index contributed by atoms with van der Waals surface area (Å²) in [6, 6.07) is 12.2. The standard InChI is InChI=1S/C19H17ClO4/c1-3-11-23-19(21)15-7-10-17(18(12-15)22-4-2)24-13-14-5-8-16(20)9-6-14/h1,5-10,12H,4,11,13H2,2H3. The van der Waals surface area contributed by atoms with Crippen LogP contribution >= 0.6 is 11.6 Å². The van der Waals surface area contributed by atoms with Crippen LogP contribution in [-0.4, -0.2) is 19.2 Å². The van der Waals surface area contributed by atoms with Crippen LogP contribution in [0.15, 0.2) is 42.5 Å². The number of hydrogen-bond acceptors (Lipinski definition) is 4. The largest absolute Gasteiger partial charge is 0.490 e. The van der Waals surface area contributed by atoms with Gasteiger partial charge in [-0.2, -0.15) is 0 Å². The quantitative estimate of drug-likeness (QED) is 0.560. The Bertz CT molecular complexity index is 732. The number of carbonyl (C=O) groups is 1. The van der Waals surface area contributed by atoms with Crippen molar-refractivity contribution in [1.82, 2.24) is 0 Å². The third-order valence-corrected chi connectivity index (χ3v) is 3.33. The van der Waals surface area contributed by atoms with Crippen molar-refractivity contribution in [2.24, 2.45) is 0 Å². The molecule has 0 unspecified atom stereocenters. The number of esters is 1. The molecule has 0 heterocycles. The Hall–Kier alpha value is -2.64. The van der Waals surface area contributed by atoms with Gasteiger partial charge in [0.25, 0.3) is 0 Å². The van der Waals surface area contributed by atoms with Crippen molar-refractivity contribution in [3.8, 4) is 23.8 Å². The molecule has 0 saturated carbocycles. The molecule has 0 aliphatic carbocycles. The molecule has 0 aliphatic heterocycles. The fraction of sp³-hybridized carbons (Fsp3) is 0.211. The van der Waals surface area contributed by atoms with Crippen LogP contribution in [0, 0.1) is 12.3 Å². The summed E-state index contributed by atoms with van der Waals surface area (Å²) >= 11 is 5.86. The molecule has 0 amide bonds. The molecule has 24 heavy (non-hydrogen) atoms. The normalized spacial score (nSPS) is 9.88. The van der Waals surface area contributed by atoms with Crippen molar-refractivity contribution in [1.29, 1.82) is 0 Å². The second kappa shape index (κ2) is 8.85. The number of carbonyl (C=O) groups excluding carboxylic acids is 1. The lowest BCUT2D eigenvalue weighted by Gasteiger charge is -2.13. The molecule has 0 saturated heterocycles. The molecule has 0 atom stereocenters. The van der Waals surface area contributed by atoms with Gasteiger partial charge in [0, 0.05) is 5.02 Å². The van der Waals surface area contributed by atoms with Gasteiger partial charge in [-0.3, -0.25) is 0 Å². The third kappa shape index (κ3) is 4.94. The van der Waals surface area contributed by atoms with E-state index in [1.54, 1.807) is 30.3 Å². The highest BCUT2D eigenvalue weighted by molar-refractivity contribution is 6.30. The second-order valence-corrected chi connectivity index (χ2v) is 5.23. The first-order valence-electron chi connectivity index (χ1n) is 7.38.